The molecule has 2 aromatic rings. The minimum absolute atomic E-state index is 0.0923. The zero-order valence-electron chi connectivity index (χ0n) is 14.3. The summed E-state index contributed by atoms with van der Waals surface area (Å²) in [6.07, 6.45) is 0. The first-order chi connectivity index (χ1) is 12.6. The lowest BCUT2D eigenvalue weighted by molar-refractivity contribution is 1.13. The van der Waals surface area contributed by atoms with Gasteiger partial charge in [-0.15, -0.1) is 0 Å². The highest BCUT2D eigenvalue weighted by molar-refractivity contribution is 5.60. The maximum Gasteiger partial charge on any atom is 0.163 e. The maximum atomic E-state index is 9.03. The van der Waals surface area contributed by atoms with Gasteiger partial charge in [0.15, 0.2) is 5.57 Å². The molecule has 0 aliphatic carbocycles. The van der Waals surface area contributed by atoms with Crippen molar-refractivity contribution >= 4 is 22.7 Å². The Bertz CT molecular complexity index is 931. The average molecular weight is 341 g/mol. The summed E-state index contributed by atoms with van der Waals surface area (Å²) < 4.78 is 0. The van der Waals surface area contributed by atoms with Gasteiger partial charge in [0.25, 0.3) is 0 Å². The van der Waals surface area contributed by atoms with Crippen LogP contribution >= 0.6 is 0 Å². The smallest absolute Gasteiger partial charge is 0.163 e. The lowest BCUT2D eigenvalue weighted by Gasteiger charge is -2.11. The van der Waals surface area contributed by atoms with E-state index in [1.165, 1.54) is 0 Å². The summed E-state index contributed by atoms with van der Waals surface area (Å²) in [5, 5.41) is 37.8. The Labute approximate surface area is 151 Å². The second-order valence-electron chi connectivity index (χ2n) is 5.37. The van der Waals surface area contributed by atoms with E-state index in [0.717, 1.165) is 11.4 Å². The van der Waals surface area contributed by atoms with Crippen LogP contribution in [0.5, 0.6) is 0 Å². The predicted octanol–water partition coefficient (Wildman–Crippen LogP) is 4.40. The third-order valence-electron chi connectivity index (χ3n) is 3.37. The summed E-state index contributed by atoms with van der Waals surface area (Å²) >= 11 is 0. The largest absolute Gasteiger partial charge is 0.378 e. The van der Waals surface area contributed by atoms with Crippen molar-refractivity contribution in [1.29, 1.82) is 15.8 Å². The van der Waals surface area contributed by atoms with Crippen molar-refractivity contribution in [2.75, 3.05) is 24.3 Å². The van der Waals surface area contributed by atoms with Crippen molar-refractivity contribution in [2.24, 2.45) is 10.2 Å². The molecule has 0 aliphatic rings. The van der Waals surface area contributed by atoms with Gasteiger partial charge >= 0.3 is 0 Å². The molecule has 0 radical (unpaired) electrons. The first-order valence-corrected chi connectivity index (χ1v) is 7.58. The van der Waals surface area contributed by atoms with Crippen LogP contribution in [0.2, 0.25) is 0 Å². The third-order valence-corrected chi connectivity index (χ3v) is 3.37. The van der Waals surface area contributed by atoms with E-state index in [0.29, 0.717) is 11.4 Å². The molecule has 0 atom stereocenters. The summed E-state index contributed by atoms with van der Waals surface area (Å²) in [5.41, 5.74) is 2.66. The van der Waals surface area contributed by atoms with E-state index in [9.17, 15) is 0 Å². The lowest BCUT2D eigenvalue weighted by Crippen LogP contribution is -2.07. The number of hydrogen-bond donors (Lipinski definition) is 1. The highest BCUT2D eigenvalue weighted by atomic mass is 15.1. The van der Waals surface area contributed by atoms with E-state index in [1.807, 2.05) is 43.3 Å². The van der Waals surface area contributed by atoms with Crippen molar-refractivity contribution in [3.05, 3.63) is 59.8 Å². The van der Waals surface area contributed by atoms with Crippen molar-refractivity contribution < 1.29 is 0 Å². The van der Waals surface area contributed by atoms with Crippen LogP contribution in [-0.4, -0.2) is 14.1 Å². The summed E-state index contributed by atoms with van der Waals surface area (Å²) in [6, 6.07) is 19.6. The molecule has 0 unspecified atom stereocenters. The molecular formula is C19H15N7. The Morgan fingerprint density at radius 3 is 1.73 bits per heavy atom. The number of allylic oxidation sites excluding steroid dienone is 2. The molecule has 0 amide bonds. The van der Waals surface area contributed by atoms with E-state index in [1.54, 1.807) is 42.5 Å². The van der Waals surface area contributed by atoms with E-state index in [-0.39, 0.29) is 11.3 Å². The van der Waals surface area contributed by atoms with Gasteiger partial charge < -0.3 is 10.2 Å². The molecule has 126 valence electrons. The highest BCUT2D eigenvalue weighted by Gasteiger charge is 2.05. The van der Waals surface area contributed by atoms with Gasteiger partial charge in [0.2, 0.25) is 0 Å². The molecule has 0 spiro atoms. The molecule has 7 nitrogen and oxygen atoms in total. The van der Waals surface area contributed by atoms with Gasteiger partial charge in [0.05, 0.1) is 11.4 Å². The van der Waals surface area contributed by atoms with Crippen LogP contribution in [0.25, 0.3) is 0 Å². The quantitative estimate of drug-likeness (QED) is 0.639. The Balaban J connectivity index is 2.10. The normalized spacial score (nSPS) is 9.65. The molecule has 0 aliphatic heterocycles. The van der Waals surface area contributed by atoms with E-state index in [2.05, 4.69) is 15.5 Å². The second-order valence-corrected chi connectivity index (χ2v) is 5.37. The lowest BCUT2D eigenvalue weighted by atomic mass is 10.2. The standard InChI is InChI=1S/C19H15N7/c1-26(2)18-9-7-17(8-10-18)25-24-16-5-3-15(4-6-16)23-19(13-22)14(11-20)12-21/h3-10,23H,1-2H3. The molecule has 0 bridgehead atoms. The van der Waals surface area contributed by atoms with Crippen molar-refractivity contribution in [3.63, 3.8) is 0 Å². The van der Waals surface area contributed by atoms with E-state index in [4.69, 9.17) is 15.8 Å². The number of benzene rings is 2. The summed E-state index contributed by atoms with van der Waals surface area (Å²) in [7, 11) is 3.93. The van der Waals surface area contributed by atoms with Crippen molar-refractivity contribution in [3.8, 4) is 18.2 Å². The van der Waals surface area contributed by atoms with E-state index >= 15 is 0 Å². The zero-order valence-corrected chi connectivity index (χ0v) is 14.3. The van der Waals surface area contributed by atoms with Crippen LogP contribution in [0.15, 0.2) is 70.0 Å². The SMILES string of the molecule is CN(C)c1ccc(N=Nc2ccc(NC(C#N)=C(C#N)C#N)cc2)cc1. The van der Waals surface area contributed by atoms with Crippen LogP contribution in [-0.2, 0) is 0 Å². The predicted molar refractivity (Wildman–Crippen MR) is 98.9 cm³/mol. The molecule has 0 saturated heterocycles. The molecule has 0 heterocycles. The Kier molecular flexibility index (Phi) is 6.04. The van der Waals surface area contributed by atoms with Gasteiger partial charge in [-0.2, -0.15) is 26.0 Å². The van der Waals surface area contributed by atoms with Crippen LogP contribution in [0.4, 0.5) is 22.7 Å². The average Bonchev–Trinajstić information content (AvgIpc) is 2.67. The molecule has 1 N–H and O–H groups in total. The number of nitrogens with one attached hydrogen (secondary N) is 1. The van der Waals surface area contributed by atoms with Gasteiger partial charge in [-0.05, 0) is 48.5 Å². The van der Waals surface area contributed by atoms with Crippen LogP contribution in [0, 0.1) is 34.0 Å². The van der Waals surface area contributed by atoms with Gasteiger partial charge in [-0.3, -0.25) is 0 Å². The minimum Gasteiger partial charge on any atom is -0.378 e. The fourth-order valence-electron chi connectivity index (χ4n) is 1.97. The van der Waals surface area contributed by atoms with Gasteiger partial charge in [0.1, 0.15) is 23.9 Å². The topological polar surface area (TPSA) is 111 Å². The number of nitrogens with zero attached hydrogens (tertiary/aromatic N) is 6. The molecule has 7 heteroatoms. The number of rotatable bonds is 5. The van der Waals surface area contributed by atoms with Crippen LogP contribution in [0.1, 0.15) is 0 Å². The maximum absolute atomic E-state index is 9.03. The number of nitriles is 3. The fourth-order valence-corrected chi connectivity index (χ4v) is 1.97. The molecule has 2 aromatic carbocycles. The first kappa shape index (κ1) is 18.2. The van der Waals surface area contributed by atoms with Gasteiger partial charge in [-0.1, -0.05) is 0 Å². The van der Waals surface area contributed by atoms with E-state index < -0.39 is 0 Å². The number of anilines is 2. The molecule has 0 fully saturated rings. The van der Waals surface area contributed by atoms with Crippen LogP contribution in [0.3, 0.4) is 0 Å². The Morgan fingerprint density at radius 2 is 1.31 bits per heavy atom. The highest BCUT2D eigenvalue weighted by Crippen LogP contribution is 2.23. The molecule has 0 aromatic heterocycles. The van der Waals surface area contributed by atoms with Crippen LogP contribution < -0.4 is 10.2 Å². The molecule has 0 saturated carbocycles. The van der Waals surface area contributed by atoms with Crippen molar-refractivity contribution in [1.82, 2.24) is 0 Å². The van der Waals surface area contributed by atoms with Crippen molar-refractivity contribution in [2.45, 2.75) is 0 Å². The minimum atomic E-state index is -0.266. The Morgan fingerprint density at radius 1 is 0.808 bits per heavy atom. The number of hydrogen-bond acceptors (Lipinski definition) is 7. The second kappa shape index (κ2) is 8.63. The molecule has 26 heavy (non-hydrogen) atoms. The number of azo groups is 1. The zero-order chi connectivity index (χ0) is 18.9. The third kappa shape index (κ3) is 4.67. The fraction of sp³-hybridized carbons (Fsp3) is 0.105. The summed E-state index contributed by atoms with van der Waals surface area (Å²) in [4.78, 5) is 2.00. The molecule has 2 rings (SSSR count). The van der Waals surface area contributed by atoms with Gasteiger partial charge in [-0.25, -0.2) is 0 Å². The summed E-state index contributed by atoms with van der Waals surface area (Å²) in [5.74, 6) is 0. The Hall–Kier alpha value is -4.15. The first-order valence-electron chi connectivity index (χ1n) is 7.58. The van der Waals surface area contributed by atoms with Gasteiger partial charge in [0, 0.05) is 25.5 Å². The monoisotopic (exact) mass is 341 g/mol. The molecular weight excluding hydrogens is 326 g/mol. The summed E-state index contributed by atoms with van der Waals surface area (Å²) in [6.45, 7) is 0.